The van der Waals surface area contributed by atoms with E-state index in [1.165, 1.54) is 7.11 Å². The van der Waals surface area contributed by atoms with Crippen LogP contribution in [0.4, 0.5) is 0 Å². The molecule has 1 fully saturated rings. The van der Waals surface area contributed by atoms with Gasteiger partial charge >= 0.3 is 5.97 Å². The van der Waals surface area contributed by atoms with Crippen molar-refractivity contribution in [2.24, 2.45) is 0 Å². The predicted molar refractivity (Wildman–Crippen MR) is 76.7 cm³/mol. The summed E-state index contributed by atoms with van der Waals surface area (Å²) >= 11 is 0. The van der Waals surface area contributed by atoms with Crippen molar-refractivity contribution in [3.63, 3.8) is 0 Å². The molecule has 1 N–H and O–H groups in total. The third kappa shape index (κ3) is 3.35. The summed E-state index contributed by atoms with van der Waals surface area (Å²) in [6.45, 7) is 0. The van der Waals surface area contributed by atoms with Crippen molar-refractivity contribution in [3.8, 4) is 0 Å². The molecule has 0 spiro atoms. The Morgan fingerprint density at radius 2 is 1.95 bits per heavy atom. The van der Waals surface area contributed by atoms with Crippen molar-refractivity contribution in [2.75, 3.05) is 7.11 Å². The second-order valence-electron chi connectivity index (χ2n) is 4.99. The Bertz CT molecular complexity index is 500. The molecule has 0 amide bonds. The summed E-state index contributed by atoms with van der Waals surface area (Å²) in [4.78, 5) is 23.3. The molecule has 20 heavy (non-hydrogen) atoms. The second-order valence-corrected chi connectivity index (χ2v) is 4.99. The zero-order chi connectivity index (χ0) is 14.4. The zero-order valence-electron chi connectivity index (χ0n) is 11.6. The van der Waals surface area contributed by atoms with Crippen LogP contribution in [0.2, 0.25) is 0 Å². The Morgan fingerprint density at radius 3 is 2.50 bits per heavy atom. The maximum atomic E-state index is 12.0. The van der Waals surface area contributed by atoms with Gasteiger partial charge in [-0.2, -0.15) is 0 Å². The van der Waals surface area contributed by atoms with Crippen LogP contribution in [0.3, 0.4) is 0 Å². The summed E-state index contributed by atoms with van der Waals surface area (Å²) < 4.78 is 4.83. The Kier molecular flexibility index (Phi) is 5.10. The number of nitrogens with one attached hydrogen (secondary N) is 1. The third-order valence-corrected chi connectivity index (χ3v) is 3.68. The van der Waals surface area contributed by atoms with Crippen LogP contribution in [0.5, 0.6) is 0 Å². The van der Waals surface area contributed by atoms with Crippen LogP contribution >= 0.6 is 0 Å². The molecule has 4 heteroatoms. The molecule has 4 nitrogen and oxygen atoms in total. The first kappa shape index (κ1) is 14.5. The first-order valence-corrected chi connectivity index (χ1v) is 6.90. The standard InChI is InChI=1S/C16H19NO3/c1-20-16(19)15(17-13-9-5-6-10-13)14(11-18)12-7-3-2-4-8-12/h2-4,7-8,13,15,17H,5-6,9-10H2,1H3/t15-/m1/s1. The van der Waals surface area contributed by atoms with Crippen LogP contribution in [0.1, 0.15) is 31.2 Å². The second kappa shape index (κ2) is 7.04. The fourth-order valence-corrected chi connectivity index (χ4v) is 2.62. The normalized spacial score (nSPS) is 16.4. The van der Waals surface area contributed by atoms with E-state index in [1.807, 2.05) is 24.1 Å². The lowest BCUT2D eigenvalue weighted by Crippen LogP contribution is -2.43. The van der Waals surface area contributed by atoms with Gasteiger partial charge in [0.1, 0.15) is 12.0 Å². The van der Waals surface area contributed by atoms with Crippen molar-refractivity contribution in [2.45, 2.75) is 37.8 Å². The highest BCUT2D eigenvalue weighted by molar-refractivity contribution is 6.02. The summed E-state index contributed by atoms with van der Waals surface area (Å²) in [5.41, 5.74) is 1.01. The number of esters is 1. The van der Waals surface area contributed by atoms with Crippen molar-refractivity contribution in [1.82, 2.24) is 5.32 Å². The van der Waals surface area contributed by atoms with Gasteiger partial charge in [0.2, 0.25) is 0 Å². The fourth-order valence-electron chi connectivity index (χ4n) is 2.62. The maximum Gasteiger partial charge on any atom is 0.328 e. The quantitative estimate of drug-likeness (QED) is 0.658. The van der Waals surface area contributed by atoms with Gasteiger partial charge in [-0.05, 0) is 18.4 Å². The summed E-state index contributed by atoms with van der Waals surface area (Å²) in [7, 11) is 1.33. The first-order valence-electron chi connectivity index (χ1n) is 6.90. The van der Waals surface area contributed by atoms with E-state index in [1.54, 1.807) is 12.1 Å². The van der Waals surface area contributed by atoms with Gasteiger partial charge < -0.3 is 4.74 Å². The molecule has 1 atom stereocenters. The number of benzene rings is 1. The lowest BCUT2D eigenvalue weighted by atomic mass is 9.99. The summed E-state index contributed by atoms with van der Waals surface area (Å²) in [5, 5.41) is 3.24. The average Bonchev–Trinajstić information content (AvgIpc) is 3.00. The number of ether oxygens (including phenoxy) is 1. The van der Waals surface area contributed by atoms with E-state index in [9.17, 15) is 9.59 Å². The number of hydrogen-bond donors (Lipinski definition) is 1. The van der Waals surface area contributed by atoms with E-state index < -0.39 is 12.0 Å². The van der Waals surface area contributed by atoms with Gasteiger partial charge in [0.25, 0.3) is 0 Å². The maximum absolute atomic E-state index is 12.0. The molecule has 0 aromatic heterocycles. The molecule has 0 heterocycles. The molecule has 1 saturated carbocycles. The topological polar surface area (TPSA) is 55.4 Å². The van der Waals surface area contributed by atoms with Crippen molar-refractivity contribution < 1.29 is 14.3 Å². The molecule has 0 aliphatic heterocycles. The monoisotopic (exact) mass is 273 g/mol. The molecule has 0 unspecified atom stereocenters. The van der Waals surface area contributed by atoms with Gasteiger partial charge in [0.15, 0.2) is 0 Å². The van der Waals surface area contributed by atoms with Gasteiger partial charge in [-0.1, -0.05) is 43.2 Å². The Morgan fingerprint density at radius 1 is 1.30 bits per heavy atom. The van der Waals surface area contributed by atoms with Crippen LogP contribution < -0.4 is 5.32 Å². The molecule has 1 aliphatic rings. The van der Waals surface area contributed by atoms with Crippen LogP contribution in [-0.2, 0) is 14.3 Å². The van der Waals surface area contributed by atoms with Crippen LogP contribution in [0.25, 0.3) is 5.57 Å². The van der Waals surface area contributed by atoms with E-state index in [2.05, 4.69) is 5.32 Å². The number of rotatable bonds is 5. The van der Waals surface area contributed by atoms with Gasteiger partial charge in [0, 0.05) is 6.04 Å². The van der Waals surface area contributed by atoms with Crippen LogP contribution in [0.15, 0.2) is 30.3 Å². The third-order valence-electron chi connectivity index (χ3n) is 3.68. The summed E-state index contributed by atoms with van der Waals surface area (Å²) in [6.07, 6.45) is 4.34. The molecule has 1 aromatic carbocycles. The zero-order valence-corrected chi connectivity index (χ0v) is 11.6. The highest BCUT2D eigenvalue weighted by atomic mass is 16.5. The van der Waals surface area contributed by atoms with E-state index in [4.69, 9.17) is 4.74 Å². The highest BCUT2D eigenvalue weighted by Gasteiger charge is 2.29. The molecule has 1 aliphatic carbocycles. The Balaban J connectivity index is 2.24. The molecule has 0 saturated heterocycles. The number of carbonyl (C=O) groups is 1. The molecular weight excluding hydrogens is 254 g/mol. The van der Waals surface area contributed by atoms with Crippen LogP contribution in [0, 0.1) is 0 Å². The van der Waals surface area contributed by atoms with E-state index >= 15 is 0 Å². The van der Waals surface area contributed by atoms with Crippen molar-refractivity contribution in [3.05, 3.63) is 35.9 Å². The molecule has 2 rings (SSSR count). The minimum absolute atomic E-state index is 0.256. The van der Waals surface area contributed by atoms with Crippen LogP contribution in [-0.4, -0.2) is 31.1 Å². The minimum Gasteiger partial charge on any atom is -0.468 e. The fraction of sp³-hybridized carbons (Fsp3) is 0.438. The smallest absolute Gasteiger partial charge is 0.328 e. The van der Waals surface area contributed by atoms with Gasteiger partial charge in [0.05, 0.1) is 12.7 Å². The lowest BCUT2D eigenvalue weighted by molar-refractivity contribution is -0.141. The summed E-state index contributed by atoms with van der Waals surface area (Å²) in [5.74, 6) is 1.47. The molecule has 106 valence electrons. The average molecular weight is 273 g/mol. The van der Waals surface area contributed by atoms with Gasteiger partial charge in [-0.25, -0.2) is 9.59 Å². The van der Waals surface area contributed by atoms with Crippen molar-refractivity contribution >= 4 is 17.5 Å². The van der Waals surface area contributed by atoms with Gasteiger partial charge in [-0.15, -0.1) is 0 Å². The Hall–Kier alpha value is -1.90. The SMILES string of the molecule is COC(=O)[C@H](NC1CCCC1)C(=C=O)c1ccccc1. The van der Waals surface area contributed by atoms with E-state index in [0.29, 0.717) is 11.1 Å². The number of hydrogen-bond acceptors (Lipinski definition) is 4. The number of methoxy groups -OCH3 is 1. The van der Waals surface area contributed by atoms with E-state index in [0.717, 1.165) is 25.7 Å². The Labute approximate surface area is 118 Å². The molecule has 0 bridgehead atoms. The van der Waals surface area contributed by atoms with Crippen molar-refractivity contribution in [1.29, 1.82) is 0 Å². The lowest BCUT2D eigenvalue weighted by Gasteiger charge is -2.21. The molecular formula is C16H19NO3. The molecule has 1 aromatic rings. The summed E-state index contributed by atoms with van der Waals surface area (Å²) in [6, 6.07) is 8.63. The van der Waals surface area contributed by atoms with E-state index in [-0.39, 0.29) is 6.04 Å². The molecule has 0 radical (unpaired) electrons. The van der Waals surface area contributed by atoms with Gasteiger partial charge in [-0.3, -0.25) is 5.32 Å². The predicted octanol–water partition coefficient (Wildman–Crippen LogP) is 1.98. The minimum atomic E-state index is -0.747. The number of carbonyl (C=O) groups excluding carboxylic acids is 2. The highest BCUT2D eigenvalue weighted by Crippen LogP contribution is 2.22. The largest absolute Gasteiger partial charge is 0.468 e. The first-order chi connectivity index (χ1) is 9.76.